The zero-order valence-corrected chi connectivity index (χ0v) is 18.5. The largest absolute Gasteiger partial charge is 0.324 e. The fourth-order valence-corrected chi connectivity index (χ4v) is 4.19. The summed E-state index contributed by atoms with van der Waals surface area (Å²) >= 11 is 3.22. The van der Waals surface area contributed by atoms with Crippen molar-refractivity contribution >= 4 is 27.5 Å². The molecule has 1 amide bonds. The van der Waals surface area contributed by atoms with Crippen molar-refractivity contribution in [1.82, 2.24) is 9.80 Å². The van der Waals surface area contributed by atoms with Gasteiger partial charge in [0.2, 0.25) is 5.91 Å². The van der Waals surface area contributed by atoms with Crippen LogP contribution in [0, 0.1) is 11.7 Å². The third-order valence-corrected chi connectivity index (χ3v) is 5.93. The number of hydrogen-bond donors (Lipinski definition) is 1. The average Bonchev–Trinajstić information content (AvgIpc) is 2.70. The summed E-state index contributed by atoms with van der Waals surface area (Å²) in [6, 6.07) is 15.2. The Labute approximate surface area is 181 Å². The molecule has 0 unspecified atom stereocenters. The van der Waals surface area contributed by atoms with Gasteiger partial charge in [0.25, 0.3) is 0 Å². The highest BCUT2D eigenvalue weighted by atomic mass is 79.9. The number of anilines is 1. The maximum atomic E-state index is 13.8. The highest BCUT2D eigenvalue weighted by Gasteiger charge is 2.21. The molecule has 2 aromatic rings. The van der Waals surface area contributed by atoms with Crippen LogP contribution in [-0.4, -0.2) is 48.9 Å². The van der Waals surface area contributed by atoms with E-state index in [1.54, 1.807) is 12.1 Å². The molecule has 1 saturated heterocycles. The number of nitrogens with zero attached hydrogens (tertiary/aromatic N) is 2. The number of piperidine rings is 1. The van der Waals surface area contributed by atoms with E-state index in [1.807, 2.05) is 0 Å². The van der Waals surface area contributed by atoms with Crippen LogP contribution < -0.4 is 5.32 Å². The summed E-state index contributed by atoms with van der Waals surface area (Å²) in [4.78, 5) is 16.9. The molecule has 3 rings (SSSR count). The first-order valence-electron chi connectivity index (χ1n) is 10.2. The first kappa shape index (κ1) is 21.9. The minimum atomic E-state index is -0.423. The number of carbonyl (C=O) groups excluding carboxylic acids is 1. The van der Waals surface area contributed by atoms with Gasteiger partial charge in [-0.3, -0.25) is 4.79 Å². The predicted molar refractivity (Wildman–Crippen MR) is 119 cm³/mol. The van der Waals surface area contributed by atoms with Gasteiger partial charge in [0.05, 0.1) is 5.69 Å². The number of nitrogens with one attached hydrogen (secondary N) is 1. The summed E-state index contributed by atoms with van der Waals surface area (Å²) in [6.45, 7) is 4.84. The Morgan fingerprint density at radius 2 is 1.93 bits per heavy atom. The van der Waals surface area contributed by atoms with Crippen molar-refractivity contribution in [3.8, 4) is 0 Å². The zero-order chi connectivity index (χ0) is 20.6. The fraction of sp³-hybridized carbons (Fsp3) is 0.435. The summed E-state index contributed by atoms with van der Waals surface area (Å²) in [5.41, 5.74) is 1.58. The van der Waals surface area contributed by atoms with E-state index in [-0.39, 0.29) is 11.6 Å². The molecule has 1 heterocycles. The van der Waals surface area contributed by atoms with Crippen LogP contribution in [0.25, 0.3) is 0 Å². The van der Waals surface area contributed by atoms with Crippen molar-refractivity contribution in [2.75, 3.05) is 38.5 Å². The second-order valence-corrected chi connectivity index (χ2v) is 8.81. The summed E-state index contributed by atoms with van der Waals surface area (Å²) < 4.78 is 14.5. The summed E-state index contributed by atoms with van der Waals surface area (Å²) in [7, 11) is 2.19. The summed E-state index contributed by atoms with van der Waals surface area (Å²) in [5, 5.41) is 2.67. The van der Waals surface area contributed by atoms with Crippen LogP contribution in [0.3, 0.4) is 0 Å². The van der Waals surface area contributed by atoms with Gasteiger partial charge in [-0.25, -0.2) is 4.39 Å². The molecule has 0 saturated carbocycles. The Morgan fingerprint density at radius 1 is 1.21 bits per heavy atom. The molecule has 1 fully saturated rings. The standard InChI is InChI=1S/C23H29BrFN3O/c1-27(16-18-5-3-2-4-6-18)17-19-9-12-28(13-10-19)14-11-23(29)26-22-8-7-20(24)15-21(22)25/h2-8,15,19H,9-14,16-17H2,1H3,(H,26,29). The zero-order valence-electron chi connectivity index (χ0n) is 16.9. The number of likely N-dealkylation sites (tertiary alicyclic amines) is 1. The molecule has 1 aliphatic heterocycles. The van der Waals surface area contributed by atoms with Gasteiger partial charge in [0.15, 0.2) is 0 Å². The topological polar surface area (TPSA) is 35.6 Å². The molecule has 0 aromatic heterocycles. The van der Waals surface area contributed by atoms with Crippen molar-refractivity contribution in [3.63, 3.8) is 0 Å². The monoisotopic (exact) mass is 461 g/mol. The number of rotatable bonds is 8. The predicted octanol–water partition coefficient (Wildman–Crippen LogP) is 4.76. The van der Waals surface area contributed by atoms with E-state index in [2.05, 4.69) is 68.4 Å². The molecule has 0 radical (unpaired) electrons. The molecule has 156 valence electrons. The van der Waals surface area contributed by atoms with E-state index >= 15 is 0 Å². The van der Waals surface area contributed by atoms with E-state index in [0.29, 0.717) is 16.8 Å². The van der Waals surface area contributed by atoms with Gasteiger partial charge in [-0.15, -0.1) is 0 Å². The number of benzene rings is 2. The quantitative estimate of drug-likeness (QED) is 0.615. The lowest BCUT2D eigenvalue weighted by Crippen LogP contribution is -2.39. The smallest absolute Gasteiger partial charge is 0.225 e. The lowest BCUT2D eigenvalue weighted by Gasteiger charge is -2.33. The normalized spacial score (nSPS) is 15.6. The van der Waals surface area contributed by atoms with Crippen LogP contribution >= 0.6 is 15.9 Å². The molecule has 0 bridgehead atoms. The average molecular weight is 462 g/mol. The van der Waals surface area contributed by atoms with E-state index in [1.165, 1.54) is 11.6 Å². The van der Waals surface area contributed by atoms with Crippen molar-refractivity contribution < 1.29 is 9.18 Å². The van der Waals surface area contributed by atoms with Gasteiger partial charge >= 0.3 is 0 Å². The second kappa shape index (κ2) is 10.9. The Hall–Kier alpha value is -1.76. The van der Waals surface area contributed by atoms with E-state index in [9.17, 15) is 9.18 Å². The summed E-state index contributed by atoms with van der Waals surface area (Å²) in [6.07, 6.45) is 2.69. The van der Waals surface area contributed by atoms with Crippen LogP contribution in [-0.2, 0) is 11.3 Å². The van der Waals surface area contributed by atoms with Crippen LogP contribution in [0.4, 0.5) is 10.1 Å². The minimum absolute atomic E-state index is 0.143. The third-order valence-electron chi connectivity index (χ3n) is 5.43. The highest BCUT2D eigenvalue weighted by molar-refractivity contribution is 9.10. The number of amides is 1. The molecule has 29 heavy (non-hydrogen) atoms. The van der Waals surface area contributed by atoms with Crippen LogP contribution in [0.5, 0.6) is 0 Å². The Morgan fingerprint density at radius 3 is 2.62 bits per heavy atom. The third kappa shape index (κ3) is 7.21. The maximum Gasteiger partial charge on any atom is 0.225 e. The van der Waals surface area contributed by atoms with Crippen molar-refractivity contribution in [2.24, 2.45) is 5.92 Å². The second-order valence-electron chi connectivity index (χ2n) is 7.89. The van der Waals surface area contributed by atoms with Crippen molar-refractivity contribution in [2.45, 2.75) is 25.8 Å². The lowest BCUT2D eigenvalue weighted by molar-refractivity contribution is -0.116. The van der Waals surface area contributed by atoms with Gasteiger partial charge in [-0.2, -0.15) is 0 Å². The first-order chi connectivity index (χ1) is 14.0. The molecule has 6 heteroatoms. The Bertz CT molecular complexity index is 794. The SMILES string of the molecule is CN(Cc1ccccc1)CC1CCN(CCC(=O)Nc2ccc(Br)cc2F)CC1. The molecule has 0 aliphatic carbocycles. The van der Waals surface area contributed by atoms with Gasteiger partial charge in [0.1, 0.15) is 5.82 Å². The van der Waals surface area contributed by atoms with E-state index in [4.69, 9.17) is 0 Å². The van der Waals surface area contributed by atoms with Gasteiger partial charge in [0, 0.05) is 30.5 Å². The molecule has 4 nitrogen and oxygen atoms in total. The van der Waals surface area contributed by atoms with Gasteiger partial charge < -0.3 is 15.1 Å². The molecule has 2 aromatic carbocycles. The van der Waals surface area contributed by atoms with Gasteiger partial charge in [-0.1, -0.05) is 46.3 Å². The lowest BCUT2D eigenvalue weighted by atomic mass is 9.96. The molecule has 1 N–H and O–H groups in total. The van der Waals surface area contributed by atoms with Crippen molar-refractivity contribution in [1.29, 1.82) is 0 Å². The molecular weight excluding hydrogens is 433 g/mol. The minimum Gasteiger partial charge on any atom is -0.324 e. The molecule has 0 spiro atoms. The maximum absolute atomic E-state index is 13.8. The van der Waals surface area contributed by atoms with E-state index < -0.39 is 5.82 Å². The first-order valence-corrected chi connectivity index (χ1v) is 11.0. The Kier molecular flexibility index (Phi) is 8.21. The van der Waals surface area contributed by atoms with Crippen LogP contribution in [0.1, 0.15) is 24.8 Å². The van der Waals surface area contributed by atoms with Crippen LogP contribution in [0.2, 0.25) is 0 Å². The van der Waals surface area contributed by atoms with Crippen molar-refractivity contribution in [3.05, 3.63) is 64.4 Å². The molecule has 0 atom stereocenters. The molecular formula is C23H29BrFN3O. The highest BCUT2D eigenvalue weighted by Crippen LogP contribution is 2.21. The number of halogens is 2. The number of hydrogen-bond acceptors (Lipinski definition) is 3. The van der Waals surface area contributed by atoms with Crippen LogP contribution in [0.15, 0.2) is 53.0 Å². The summed E-state index contributed by atoms with van der Waals surface area (Å²) in [5.74, 6) is 0.134. The number of carbonyl (C=O) groups is 1. The van der Waals surface area contributed by atoms with E-state index in [0.717, 1.165) is 45.6 Å². The Balaban J connectivity index is 1.34. The fourth-order valence-electron chi connectivity index (χ4n) is 3.86. The van der Waals surface area contributed by atoms with Gasteiger partial charge in [-0.05, 0) is 62.7 Å². The molecule has 1 aliphatic rings.